The van der Waals surface area contributed by atoms with Crippen molar-refractivity contribution in [3.8, 4) is 0 Å². The summed E-state index contributed by atoms with van der Waals surface area (Å²) >= 11 is 0. The van der Waals surface area contributed by atoms with Crippen LogP contribution in [-0.2, 0) is 14.3 Å². The maximum absolute atomic E-state index is 12.4. The van der Waals surface area contributed by atoms with Crippen molar-refractivity contribution in [2.45, 2.75) is 296 Å². The first-order valence-corrected chi connectivity index (χ1v) is 26.6. The molecule has 3 N–H and O–H groups in total. The number of aliphatic hydroxyl groups excluding tert-OH is 2. The Balaban J connectivity index is 3.44. The van der Waals surface area contributed by atoms with Crippen LogP contribution in [-0.4, -0.2) is 47.4 Å². The van der Waals surface area contributed by atoms with Gasteiger partial charge in [-0.1, -0.05) is 237 Å². The predicted molar refractivity (Wildman–Crippen MR) is 260 cm³/mol. The Morgan fingerprint density at radius 1 is 0.467 bits per heavy atom. The van der Waals surface area contributed by atoms with Crippen LogP contribution >= 0.6 is 0 Å². The van der Waals surface area contributed by atoms with Crippen molar-refractivity contribution in [3.05, 3.63) is 24.3 Å². The molecule has 0 fully saturated rings. The Morgan fingerprint density at radius 2 is 0.833 bits per heavy atom. The Labute approximate surface area is 373 Å². The number of aliphatic hydroxyl groups is 2. The molecule has 6 nitrogen and oxygen atoms in total. The van der Waals surface area contributed by atoms with Crippen LogP contribution in [0.25, 0.3) is 0 Å². The van der Waals surface area contributed by atoms with Crippen LogP contribution in [0.5, 0.6) is 0 Å². The number of nitrogens with one attached hydrogen (secondary N) is 1. The molecule has 0 radical (unpaired) electrons. The molecule has 0 aliphatic carbocycles. The van der Waals surface area contributed by atoms with Crippen LogP contribution in [0.4, 0.5) is 0 Å². The molecule has 0 aromatic heterocycles. The molecule has 0 aromatic rings. The average molecular weight is 846 g/mol. The van der Waals surface area contributed by atoms with Crippen molar-refractivity contribution in [1.29, 1.82) is 0 Å². The lowest BCUT2D eigenvalue weighted by Crippen LogP contribution is -2.45. The molecule has 0 aliphatic rings. The summed E-state index contributed by atoms with van der Waals surface area (Å²) in [5.41, 5.74) is 0. The van der Waals surface area contributed by atoms with E-state index in [1.807, 2.05) is 0 Å². The number of rotatable bonds is 49. The molecule has 0 aromatic carbocycles. The molecule has 0 heterocycles. The molecular formula is C54H103NO5. The highest BCUT2D eigenvalue weighted by Crippen LogP contribution is 2.16. The molecule has 354 valence electrons. The van der Waals surface area contributed by atoms with Gasteiger partial charge in [0.05, 0.1) is 25.4 Å². The molecule has 2 atom stereocenters. The van der Waals surface area contributed by atoms with Gasteiger partial charge in [-0.05, 0) is 57.8 Å². The van der Waals surface area contributed by atoms with E-state index < -0.39 is 12.1 Å². The number of esters is 1. The third-order valence-corrected chi connectivity index (χ3v) is 12.3. The number of unbranched alkanes of at least 4 members (excludes halogenated alkanes) is 34. The van der Waals surface area contributed by atoms with Crippen molar-refractivity contribution in [2.24, 2.45) is 0 Å². The van der Waals surface area contributed by atoms with Crippen molar-refractivity contribution >= 4 is 11.9 Å². The van der Waals surface area contributed by atoms with Gasteiger partial charge in [-0.15, -0.1) is 0 Å². The van der Waals surface area contributed by atoms with Gasteiger partial charge >= 0.3 is 5.97 Å². The zero-order valence-electron chi connectivity index (χ0n) is 40.2. The van der Waals surface area contributed by atoms with Crippen LogP contribution < -0.4 is 5.32 Å². The molecule has 0 saturated carbocycles. The topological polar surface area (TPSA) is 95.9 Å². The highest BCUT2D eigenvalue weighted by atomic mass is 16.5. The van der Waals surface area contributed by atoms with Crippen LogP contribution in [0.3, 0.4) is 0 Å². The summed E-state index contributed by atoms with van der Waals surface area (Å²) in [5.74, 6) is -0.0574. The average Bonchev–Trinajstić information content (AvgIpc) is 3.25. The third-order valence-electron chi connectivity index (χ3n) is 12.3. The lowest BCUT2D eigenvalue weighted by Gasteiger charge is -2.22. The van der Waals surface area contributed by atoms with Gasteiger partial charge < -0.3 is 20.3 Å². The summed E-state index contributed by atoms with van der Waals surface area (Å²) in [6.07, 6.45) is 58.6. The number of amides is 1. The fourth-order valence-electron chi connectivity index (χ4n) is 8.14. The van der Waals surface area contributed by atoms with Crippen molar-refractivity contribution in [2.75, 3.05) is 13.2 Å². The van der Waals surface area contributed by atoms with Gasteiger partial charge in [0.15, 0.2) is 0 Å². The summed E-state index contributed by atoms with van der Waals surface area (Å²) in [5, 5.41) is 23.2. The lowest BCUT2D eigenvalue weighted by atomic mass is 10.0. The Hall–Kier alpha value is -1.66. The van der Waals surface area contributed by atoms with Gasteiger partial charge in [0.1, 0.15) is 0 Å². The van der Waals surface area contributed by atoms with E-state index in [4.69, 9.17) is 4.74 Å². The van der Waals surface area contributed by atoms with Gasteiger partial charge in [-0.2, -0.15) is 0 Å². The van der Waals surface area contributed by atoms with E-state index in [1.165, 1.54) is 193 Å². The minimum atomic E-state index is -0.669. The largest absolute Gasteiger partial charge is 0.466 e. The smallest absolute Gasteiger partial charge is 0.305 e. The quantitative estimate of drug-likeness (QED) is 0.0322. The Kier molecular flexibility index (Phi) is 48.6. The second-order valence-corrected chi connectivity index (χ2v) is 18.2. The van der Waals surface area contributed by atoms with Crippen molar-refractivity contribution < 1.29 is 24.5 Å². The molecular weight excluding hydrogens is 743 g/mol. The minimum Gasteiger partial charge on any atom is -0.466 e. The highest BCUT2D eigenvalue weighted by Gasteiger charge is 2.20. The molecule has 6 heteroatoms. The molecule has 0 spiro atoms. The molecule has 0 aliphatic heterocycles. The number of carbonyl (C=O) groups excluding carboxylic acids is 2. The molecule has 1 amide bonds. The van der Waals surface area contributed by atoms with E-state index in [2.05, 4.69) is 43.5 Å². The highest BCUT2D eigenvalue weighted by molar-refractivity contribution is 5.76. The SMILES string of the molecule is CCCCC/C=C\C/C=C\CCCCCCCC(=O)OCCCCCCCCCCCCCCCCCC(=O)NC(CO)C(O)CCCCCCCCCCCCCCC. The van der Waals surface area contributed by atoms with Crippen LogP contribution in [0.15, 0.2) is 24.3 Å². The second kappa shape index (κ2) is 50.0. The third kappa shape index (κ3) is 45.9. The van der Waals surface area contributed by atoms with E-state index in [0.29, 0.717) is 25.9 Å². The normalized spacial score (nSPS) is 12.8. The summed E-state index contributed by atoms with van der Waals surface area (Å²) in [4.78, 5) is 24.5. The first-order valence-electron chi connectivity index (χ1n) is 26.6. The van der Waals surface area contributed by atoms with Gasteiger partial charge in [-0.3, -0.25) is 9.59 Å². The van der Waals surface area contributed by atoms with E-state index in [1.54, 1.807) is 0 Å². The summed E-state index contributed by atoms with van der Waals surface area (Å²) < 4.78 is 5.46. The van der Waals surface area contributed by atoms with Crippen LogP contribution in [0.2, 0.25) is 0 Å². The summed E-state index contributed by atoms with van der Waals surface area (Å²) in [7, 11) is 0. The number of hydrogen-bond acceptors (Lipinski definition) is 5. The fourth-order valence-corrected chi connectivity index (χ4v) is 8.14. The number of ether oxygens (including phenoxy) is 1. The standard InChI is InChI=1S/C54H103NO5/c1-3-5-7-9-11-13-15-17-19-24-28-32-36-40-44-48-54(59)60-49-45-41-37-33-29-25-21-18-20-23-27-31-35-39-43-47-53(58)55-51(50-56)52(57)46-42-38-34-30-26-22-16-14-12-10-8-6-4-2/h11,13,17,19,51-52,56-57H,3-10,12,14-16,18,20-50H2,1-2H3,(H,55,58)/b13-11-,19-17-. The zero-order valence-corrected chi connectivity index (χ0v) is 40.2. The van der Waals surface area contributed by atoms with Crippen LogP contribution in [0, 0.1) is 0 Å². The van der Waals surface area contributed by atoms with Gasteiger partial charge in [0, 0.05) is 12.8 Å². The zero-order chi connectivity index (χ0) is 43.7. The first-order chi connectivity index (χ1) is 29.5. The maximum Gasteiger partial charge on any atom is 0.305 e. The Bertz CT molecular complexity index is 935. The summed E-state index contributed by atoms with van der Waals surface area (Å²) in [6.45, 7) is 4.90. The molecule has 0 rings (SSSR count). The van der Waals surface area contributed by atoms with Gasteiger partial charge in [0.25, 0.3) is 0 Å². The monoisotopic (exact) mass is 846 g/mol. The second-order valence-electron chi connectivity index (χ2n) is 18.2. The molecule has 0 saturated heterocycles. The van der Waals surface area contributed by atoms with Gasteiger partial charge in [0.2, 0.25) is 5.91 Å². The molecule has 60 heavy (non-hydrogen) atoms. The van der Waals surface area contributed by atoms with E-state index in [0.717, 1.165) is 57.8 Å². The lowest BCUT2D eigenvalue weighted by molar-refractivity contribution is -0.143. The van der Waals surface area contributed by atoms with Crippen LogP contribution in [0.1, 0.15) is 284 Å². The number of carbonyl (C=O) groups is 2. The minimum absolute atomic E-state index is 0.0134. The van der Waals surface area contributed by atoms with Gasteiger partial charge in [-0.25, -0.2) is 0 Å². The number of allylic oxidation sites excluding steroid dienone is 4. The maximum atomic E-state index is 12.4. The Morgan fingerprint density at radius 3 is 1.30 bits per heavy atom. The van der Waals surface area contributed by atoms with Crippen molar-refractivity contribution in [1.82, 2.24) is 5.32 Å². The van der Waals surface area contributed by atoms with E-state index >= 15 is 0 Å². The fraction of sp³-hybridized carbons (Fsp3) is 0.889. The first kappa shape index (κ1) is 58.3. The van der Waals surface area contributed by atoms with Crippen molar-refractivity contribution in [3.63, 3.8) is 0 Å². The molecule has 0 bridgehead atoms. The van der Waals surface area contributed by atoms with E-state index in [9.17, 15) is 19.8 Å². The predicted octanol–water partition coefficient (Wildman–Crippen LogP) is 15.9. The summed E-state index contributed by atoms with van der Waals surface area (Å²) in [6, 6.07) is -0.547. The number of hydrogen-bond donors (Lipinski definition) is 3. The van der Waals surface area contributed by atoms with E-state index in [-0.39, 0.29) is 18.5 Å². The molecule has 2 unspecified atom stereocenters.